The molecule has 0 saturated carbocycles. The number of rotatable bonds is 9. The zero-order valence-electron chi connectivity index (χ0n) is 20.5. The van der Waals surface area contributed by atoms with E-state index in [0.29, 0.717) is 23.6 Å². The van der Waals surface area contributed by atoms with E-state index in [9.17, 15) is 4.39 Å². The number of thiazole rings is 1. The van der Waals surface area contributed by atoms with E-state index < -0.39 is 0 Å². The van der Waals surface area contributed by atoms with Crippen molar-refractivity contribution in [3.63, 3.8) is 0 Å². The van der Waals surface area contributed by atoms with Gasteiger partial charge in [0, 0.05) is 17.7 Å². The van der Waals surface area contributed by atoms with Crippen LogP contribution in [0.2, 0.25) is 0 Å². The number of fused-ring (bicyclic) bond motifs is 1. The number of aryl methyl sites for hydroxylation is 1. The molecule has 0 aliphatic rings. The van der Waals surface area contributed by atoms with Crippen LogP contribution in [0.15, 0.2) is 72.4 Å². The van der Waals surface area contributed by atoms with Crippen molar-refractivity contribution in [3.05, 3.63) is 89.3 Å². The minimum atomic E-state index is -0.238. The van der Waals surface area contributed by atoms with E-state index in [1.54, 1.807) is 37.6 Å². The molecule has 3 aromatic carbocycles. The fraction of sp³-hybridized carbons (Fsp3) is 0.172. The van der Waals surface area contributed by atoms with Crippen molar-refractivity contribution in [3.8, 4) is 33.9 Å². The number of ether oxygens (including phenoxy) is 2. The van der Waals surface area contributed by atoms with E-state index in [1.807, 2.05) is 41.9 Å². The van der Waals surface area contributed by atoms with Gasteiger partial charge in [0.05, 0.1) is 47.0 Å². The average molecular weight is 516 g/mol. The number of halogens is 1. The highest BCUT2D eigenvalue weighted by Crippen LogP contribution is 2.35. The Hall–Kier alpha value is -4.01. The van der Waals surface area contributed by atoms with Crippen molar-refractivity contribution in [2.75, 3.05) is 25.6 Å². The first-order chi connectivity index (χ1) is 18.1. The smallest absolute Gasteiger partial charge is 0.161 e. The van der Waals surface area contributed by atoms with E-state index in [2.05, 4.69) is 22.4 Å². The van der Waals surface area contributed by atoms with Crippen molar-refractivity contribution >= 4 is 27.2 Å². The zero-order chi connectivity index (χ0) is 25.8. The first-order valence-electron chi connectivity index (χ1n) is 11.8. The van der Waals surface area contributed by atoms with Crippen molar-refractivity contribution in [1.82, 2.24) is 9.97 Å². The summed E-state index contributed by atoms with van der Waals surface area (Å²) in [6, 6.07) is 19.0. The van der Waals surface area contributed by atoms with Crippen LogP contribution in [0.5, 0.6) is 11.5 Å². The topological polar surface area (TPSA) is 76.5 Å². The van der Waals surface area contributed by atoms with Gasteiger partial charge in [-0.25, -0.2) is 9.37 Å². The molecule has 0 fully saturated rings. The summed E-state index contributed by atoms with van der Waals surface area (Å²) in [5.74, 6) is 0.950. The van der Waals surface area contributed by atoms with Gasteiger partial charge >= 0.3 is 0 Å². The summed E-state index contributed by atoms with van der Waals surface area (Å²) >= 11 is 1.59. The van der Waals surface area contributed by atoms with Gasteiger partial charge in [-0.3, -0.25) is 4.98 Å². The molecule has 2 aromatic heterocycles. The number of aliphatic hydroxyl groups excluding tert-OH is 1. The molecular weight excluding hydrogens is 489 g/mol. The second kappa shape index (κ2) is 10.9. The molecule has 0 saturated heterocycles. The number of methoxy groups -OCH3 is 1. The fourth-order valence-corrected chi connectivity index (χ4v) is 4.84. The third kappa shape index (κ3) is 5.40. The predicted molar refractivity (Wildman–Crippen MR) is 146 cm³/mol. The molecule has 0 aliphatic carbocycles. The number of aromatic nitrogens is 2. The molecule has 6 nitrogen and oxygen atoms in total. The lowest BCUT2D eigenvalue weighted by molar-refractivity contribution is 0.196. The quantitative estimate of drug-likeness (QED) is 0.235. The molecule has 37 heavy (non-hydrogen) atoms. The fourth-order valence-electron chi connectivity index (χ4n) is 4.13. The van der Waals surface area contributed by atoms with Gasteiger partial charge in [-0.1, -0.05) is 12.1 Å². The number of anilines is 1. The summed E-state index contributed by atoms with van der Waals surface area (Å²) in [7, 11) is 1.59. The number of pyridine rings is 1. The molecule has 0 bridgehead atoms. The maximum Gasteiger partial charge on any atom is 0.161 e. The number of aliphatic hydroxyl groups is 1. The second-order valence-electron chi connectivity index (χ2n) is 8.53. The number of hydrogen-bond donors (Lipinski definition) is 2. The molecule has 0 unspecified atom stereocenters. The molecule has 0 aliphatic heterocycles. The van der Waals surface area contributed by atoms with Crippen LogP contribution in [-0.4, -0.2) is 35.4 Å². The molecule has 8 heteroatoms. The van der Waals surface area contributed by atoms with Crippen LogP contribution in [-0.2, 0) is 6.54 Å². The van der Waals surface area contributed by atoms with E-state index in [0.717, 1.165) is 43.9 Å². The standard InChI is InChI=1S/C29H26FN3O3S/c1-18-11-21(4-6-24(18)30)29-23(20-5-7-25-28(13-20)37-17-33-25)14-22(16-32-29)31-15-19-3-8-26(36-10-9-34)27(12-19)35-2/h3-8,11-14,16-17,31,34H,9-10,15H2,1-2H3. The summed E-state index contributed by atoms with van der Waals surface area (Å²) < 4.78 is 26.0. The van der Waals surface area contributed by atoms with E-state index in [4.69, 9.17) is 19.6 Å². The van der Waals surface area contributed by atoms with Gasteiger partial charge in [0.25, 0.3) is 0 Å². The highest BCUT2D eigenvalue weighted by molar-refractivity contribution is 7.16. The molecular formula is C29H26FN3O3S. The Morgan fingerprint density at radius 3 is 2.65 bits per heavy atom. The maximum absolute atomic E-state index is 14.0. The lowest BCUT2D eigenvalue weighted by atomic mass is 9.97. The highest BCUT2D eigenvalue weighted by Gasteiger charge is 2.14. The summed E-state index contributed by atoms with van der Waals surface area (Å²) in [6.45, 7) is 2.44. The summed E-state index contributed by atoms with van der Waals surface area (Å²) in [5, 5.41) is 12.5. The van der Waals surface area contributed by atoms with Crippen molar-refractivity contribution < 1.29 is 19.0 Å². The van der Waals surface area contributed by atoms with Crippen LogP contribution in [0, 0.1) is 12.7 Å². The van der Waals surface area contributed by atoms with Gasteiger partial charge in [0.15, 0.2) is 11.5 Å². The molecule has 5 aromatic rings. The first-order valence-corrected chi connectivity index (χ1v) is 12.7. The van der Waals surface area contributed by atoms with Crippen LogP contribution < -0.4 is 14.8 Å². The van der Waals surface area contributed by atoms with Gasteiger partial charge in [0.1, 0.15) is 12.4 Å². The van der Waals surface area contributed by atoms with Gasteiger partial charge in [-0.2, -0.15) is 0 Å². The molecule has 2 N–H and O–H groups in total. The van der Waals surface area contributed by atoms with Crippen molar-refractivity contribution in [1.29, 1.82) is 0 Å². The molecule has 0 amide bonds. The van der Waals surface area contributed by atoms with Crippen LogP contribution in [0.3, 0.4) is 0 Å². The summed E-state index contributed by atoms with van der Waals surface area (Å²) in [4.78, 5) is 9.18. The second-order valence-corrected chi connectivity index (χ2v) is 9.42. The van der Waals surface area contributed by atoms with Crippen molar-refractivity contribution in [2.24, 2.45) is 0 Å². The lowest BCUT2D eigenvalue weighted by Crippen LogP contribution is -2.05. The summed E-state index contributed by atoms with van der Waals surface area (Å²) in [6.07, 6.45) is 1.79. The Kier molecular flexibility index (Phi) is 7.30. The molecule has 188 valence electrons. The summed E-state index contributed by atoms with van der Waals surface area (Å²) in [5.41, 5.74) is 8.80. The van der Waals surface area contributed by atoms with E-state index >= 15 is 0 Å². The van der Waals surface area contributed by atoms with Gasteiger partial charge in [-0.15, -0.1) is 11.3 Å². The normalized spacial score (nSPS) is 11.0. The Morgan fingerprint density at radius 2 is 1.84 bits per heavy atom. The zero-order valence-corrected chi connectivity index (χ0v) is 21.3. The molecule has 0 spiro atoms. The minimum absolute atomic E-state index is 0.0643. The molecule has 0 atom stereocenters. The molecule has 0 radical (unpaired) electrons. The SMILES string of the molecule is COc1cc(CNc2cnc(-c3ccc(F)c(C)c3)c(-c3ccc4ncsc4c3)c2)ccc1OCCO. The maximum atomic E-state index is 14.0. The third-order valence-electron chi connectivity index (χ3n) is 6.03. The average Bonchev–Trinajstić information content (AvgIpc) is 3.40. The Labute approximate surface area is 218 Å². The number of benzene rings is 3. The van der Waals surface area contributed by atoms with Crippen LogP contribution in [0.25, 0.3) is 32.6 Å². The highest BCUT2D eigenvalue weighted by atomic mass is 32.1. The number of hydrogen-bond acceptors (Lipinski definition) is 7. The Balaban J connectivity index is 1.47. The molecule has 5 rings (SSSR count). The Bertz CT molecular complexity index is 1550. The Morgan fingerprint density at radius 1 is 0.973 bits per heavy atom. The lowest BCUT2D eigenvalue weighted by Gasteiger charge is -2.15. The number of nitrogens with one attached hydrogen (secondary N) is 1. The van der Waals surface area contributed by atoms with Crippen LogP contribution >= 0.6 is 11.3 Å². The van der Waals surface area contributed by atoms with Crippen LogP contribution in [0.4, 0.5) is 10.1 Å². The van der Waals surface area contributed by atoms with Gasteiger partial charge in [-0.05, 0) is 72.1 Å². The predicted octanol–water partition coefficient (Wildman–Crippen LogP) is 6.46. The van der Waals surface area contributed by atoms with Gasteiger partial charge < -0.3 is 19.9 Å². The minimum Gasteiger partial charge on any atom is -0.493 e. The van der Waals surface area contributed by atoms with E-state index in [-0.39, 0.29) is 19.0 Å². The number of nitrogens with zero attached hydrogens (tertiary/aromatic N) is 2. The van der Waals surface area contributed by atoms with E-state index in [1.165, 1.54) is 6.07 Å². The monoisotopic (exact) mass is 515 g/mol. The van der Waals surface area contributed by atoms with Crippen LogP contribution in [0.1, 0.15) is 11.1 Å². The molecule has 2 heterocycles. The van der Waals surface area contributed by atoms with Gasteiger partial charge in [0.2, 0.25) is 0 Å². The van der Waals surface area contributed by atoms with Crippen molar-refractivity contribution in [2.45, 2.75) is 13.5 Å². The first kappa shape index (κ1) is 24.7. The largest absolute Gasteiger partial charge is 0.493 e. The third-order valence-corrected chi connectivity index (χ3v) is 6.83.